The molecule has 0 spiro atoms. The molecule has 1 amide bonds. The van der Waals surface area contributed by atoms with E-state index in [0.717, 1.165) is 56.1 Å². The first kappa shape index (κ1) is 22.2. The lowest BCUT2D eigenvalue weighted by Crippen LogP contribution is -2.50. The first-order valence-electron chi connectivity index (χ1n) is 11.0. The van der Waals surface area contributed by atoms with Crippen LogP contribution in [0.3, 0.4) is 0 Å². The Morgan fingerprint density at radius 3 is 2.00 bits per heavy atom. The van der Waals surface area contributed by atoms with Gasteiger partial charge in [-0.3, -0.25) is 15.6 Å². The van der Waals surface area contributed by atoms with Crippen molar-refractivity contribution >= 4 is 34.8 Å². The summed E-state index contributed by atoms with van der Waals surface area (Å²) in [5, 5.41) is 18.0. The molecule has 33 heavy (non-hydrogen) atoms. The lowest BCUT2D eigenvalue weighted by Gasteiger charge is -2.36. The molecule has 1 saturated heterocycles. The summed E-state index contributed by atoms with van der Waals surface area (Å²) in [7, 11) is 0. The SMILES string of the molecule is N=C(N)N1CC=C(c2ccc(C(=O)Nc3ccc(N4CCN(C(=N)N)CC4)cc3)cc2)CC1. The standard InChI is InChI=1S/C24H30N8O/c25-23(26)31-11-9-18(10-12-31)17-1-3-19(4-2-17)22(33)29-20-5-7-21(8-6-20)30-13-15-32(16-14-30)24(27)28/h1-9H,10-16H2,(H3,25,26)(H3,27,28)(H,29,33). The molecule has 4 rings (SSSR count). The fraction of sp³-hybridized carbons (Fsp3) is 0.292. The van der Waals surface area contributed by atoms with Gasteiger partial charge in [-0.05, 0) is 54.0 Å². The molecule has 2 heterocycles. The second-order valence-corrected chi connectivity index (χ2v) is 8.25. The van der Waals surface area contributed by atoms with Crippen LogP contribution >= 0.6 is 0 Å². The van der Waals surface area contributed by atoms with E-state index in [9.17, 15) is 4.79 Å². The van der Waals surface area contributed by atoms with E-state index in [4.69, 9.17) is 22.3 Å². The number of carbonyl (C=O) groups is 1. The average Bonchev–Trinajstić information content (AvgIpc) is 2.85. The first-order chi connectivity index (χ1) is 15.9. The predicted molar refractivity (Wildman–Crippen MR) is 133 cm³/mol. The van der Waals surface area contributed by atoms with Gasteiger partial charge in [0.2, 0.25) is 0 Å². The van der Waals surface area contributed by atoms with Crippen molar-refractivity contribution in [3.8, 4) is 0 Å². The van der Waals surface area contributed by atoms with Crippen molar-refractivity contribution in [2.45, 2.75) is 6.42 Å². The molecule has 0 saturated carbocycles. The van der Waals surface area contributed by atoms with E-state index in [-0.39, 0.29) is 17.8 Å². The number of amides is 1. The Hall–Kier alpha value is -4.01. The second kappa shape index (κ2) is 9.64. The van der Waals surface area contributed by atoms with Gasteiger partial charge in [0.05, 0.1) is 0 Å². The third kappa shape index (κ3) is 5.25. The van der Waals surface area contributed by atoms with E-state index < -0.39 is 0 Å². The second-order valence-electron chi connectivity index (χ2n) is 8.25. The van der Waals surface area contributed by atoms with Crippen molar-refractivity contribution < 1.29 is 4.79 Å². The van der Waals surface area contributed by atoms with Gasteiger partial charge in [-0.2, -0.15) is 0 Å². The smallest absolute Gasteiger partial charge is 0.255 e. The van der Waals surface area contributed by atoms with Crippen LogP contribution in [-0.2, 0) is 0 Å². The van der Waals surface area contributed by atoms with E-state index in [0.29, 0.717) is 12.1 Å². The number of guanidine groups is 2. The van der Waals surface area contributed by atoms with Gasteiger partial charge < -0.3 is 31.5 Å². The van der Waals surface area contributed by atoms with Gasteiger partial charge in [-0.1, -0.05) is 18.2 Å². The number of rotatable bonds is 4. The minimum atomic E-state index is -0.148. The normalized spacial score (nSPS) is 16.2. The molecule has 2 aromatic rings. The van der Waals surface area contributed by atoms with Gasteiger partial charge >= 0.3 is 0 Å². The van der Waals surface area contributed by atoms with Crippen molar-refractivity contribution in [3.63, 3.8) is 0 Å². The van der Waals surface area contributed by atoms with Crippen LogP contribution in [-0.4, -0.2) is 66.9 Å². The molecule has 0 aliphatic carbocycles. The predicted octanol–water partition coefficient (Wildman–Crippen LogP) is 1.94. The van der Waals surface area contributed by atoms with Crippen LogP contribution in [0, 0.1) is 10.8 Å². The molecule has 0 radical (unpaired) electrons. The third-order valence-corrected chi connectivity index (χ3v) is 6.18. The number of nitrogens with one attached hydrogen (secondary N) is 3. The number of nitrogens with zero attached hydrogens (tertiary/aromatic N) is 3. The Balaban J connectivity index is 1.33. The van der Waals surface area contributed by atoms with Crippen molar-refractivity contribution in [1.29, 1.82) is 10.8 Å². The fourth-order valence-corrected chi connectivity index (χ4v) is 4.15. The largest absolute Gasteiger partial charge is 0.370 e. The molecule has 0 unspecified atom stereocenters. The van der Waals surface area contributed by atoms with Gasteiger partial charge in [0.15, 0.2) is 11.9 Å². The van der Waals surface area contributed by atoms with Gasteiger partial charge in [-0.25, -0.2) is 0 Å². The molecule has 0 aromatic heterocycles. The van der Waals surface area contributed by atoms with Gasteiger partial charge in [0, 0.05) is 56.2 Å². The quantitative estimate of drug-likeness (QED) is 0.359. The zero-order valence-electron chi connectivity index (χ0n) is 18.6. The molecule has 2 aromatic carbocycles. The van der Waals surface area contributed by atoms with Crippen molar-refractivity contribution in [2.24, 2.45) is 11.5 Å². The molecule has 172 valence electrons. The topological polar surface area (TPSA) is 139 Å². The monoisotopic (exact) mass is 446 g/mol. The Morgan fingerprint density at radius 1 is 0.818 bits per heavy atom. The summed E-state index contributed by atoms with van der Waals surface area (Å²) >= 11 is 0. The molecular weight excluding hydrogens is 416 g/mol. The van der Waals surface area contributed by atoms with Gasteiger partial charge in [0.25, 0.3) is 5.91 Å². The van der Waals surface area contributed by atoms with Crippen LogP contribution in [0.25, 0.3) is 5.57 Å². The molecule has 7 N–H and O–H groups in total. The fourth-order valence-electron chi connectivity index (χ4n) is 4.15. The van der Waals surface area contributed by atoms with Crippen molar-refractivity contribution in [3.05, 3.63) is 65.7 Å². The molecular formula is C24H30N8O. The minimum Gasteiger partial charge on any atom is -0.370 e. The minimum absolute atomic E-state index is 0.0981. The molecule has 2 aliphatic heterocycles. The molecule has 9 nitrogen and oxygen atoms in total. The number of hydrogen-bond acceptors (Lipinski definition) is 4. The Morgan fingerprint density at radius 2 is 1.45 bits per heavy atom. The number of hydrogen-bond donors (Lipinski definition) is 5. The van der Waals surface area contributed by atoms with Crippen LogP contribution in [0.15, 0.2) is 54.6 Å². The number of nitrogens with two attached hydrogens (primary N) is 2. The zero-order valence-corrected chi connectivity index (χ0v) is 18.6. The van der Waals surface area contributed by atoms with E-state index in [1.54, 1.807) is 0 Å². The van der Waals surface area contributed by atoms with Crippen LogP contribution in [0.4, 0.5) is 11.4 Å². The molecule has 2 aliphatic rings. The number of piperazine rings is 1. The Labute approximate surface area is 193 Å². The summed E-state index contributed by atoms with van der Waals surface area (Å²) in [5.74, 6) is 0.0708. The average molecular weight is 447 g/mol. The molecule has 1 fully saturated rings. The summed E-state index contributed by atoms with van der Waals surface area (Å²) in [6.45, 7) is 4.44. The van der Waals surface area contributed by atoms with Crippen LogP contribution < -0.4 is 21.7 Å². The highest BCUT2D eigenvalue weighted by Gasteiger charge is 2.18. The lowest BCUT2D eigenvalue weighted by atomic mass is 9.98. The van der Waals surface area contributed by atoms with Gasteiger partial charge in [-0.15, -0.1) is 0 Å². The number of anilines is 2. The van der Waals surface area contributed by atoms with Crippen LogP contribution in [0.1, 0.15) is 22.3 Å². The summed E-state index contributed by atoms with van der Waals surface area (Å²) in [4.78, 5) is 18.6. The van der Waals surface area contributed by atoms with E-state index in [2.05, 4.69) is 16.3 Å². The van der Waals surface area contributed by atoms with Crippen LogP contribution in [0.5, 0.6) is 0 Å². The summed E-state index contributed by atoms with van der Waals surface area (Å²) in [5.41, 5.74) is 15.8. The van der Waals surface area contributed by atoms with Crippen LogP contribution in [0.2, 0.25) is 0 Å². The maximum Gasteiger partial charge on any atom is 0.255 e. The zero-order chi connectivity index (χ0) is 23.4. The summed E-state index contributed by atoms with van der Waals surface area (Å²) in [6, 6.07) is 15.4. The van der Waals surface area contributed by atoms with E-state index >= 15 is 0 Å². The maximum atomic E-state index is 12.7. The highest BCUT2D eigenvalue weighted by Crippen LogP contribution is 2.23. The maximum absolute atomic E-state index is 12.7. The Bertz CT molecular complexity index is 1050. The van der Waals surface area contributed by atoms with E-state index in [1.807, 2.05) is 58.3 Å². The number of carbonyl (C=O) groups excluding carboxylic acids is 1. The van der Waals surface area contributed by atoms with Crippen molar-refractivity contribution in [2.75, 3.05) is 49.5 Å². The summed E-state index contributed by atoms with van der Waals surface area (Å²) in [6.07, 6.45) is 2.91. The molecule has 9 heteroatoms. The summed E-state index contributed by atoms with van der Waals surface area (Å²) < 4.78 is 0. The first-order valence-corrected chi connectivity index (χ1v) is 11.0. The van der Waals surface area contributed by atoms with Gasteiger partial charge in [0.1, 0.15) is 0 Å². The van der Waals surface area contributed by atoms with E-state index in [1.165, 1.54) is 5.57 Å². The molecule has 0 bridgehead atoms. The van der Waals surface area contributed by atoms with Crippen molar-refractivity contribution in [1.82, 2.24) is 9.80 Å². The number of benzene rings is 2. The third-order valence-electron chi connectivity index (χ3n) is 6.18. The molecule has 0 atom stereocenters. The Kier molecular flexibility index (Phi) is 6.48. The highest BCUT2D eigenvalue weighted by molar-refractivity contribution is 6.04. The lowest BCUT2D eigenvalue weighted by molar-refractivity contribution is 0.102. The highest BCUT2D eigenvalue weighted by atomic mass is 16.1.